The number of carboxylic acid groups (broad SMARTS) is 1. The minimum atomic E-state index is -0.721. The maximum absolute atomic E-state index is 11.1. The molecular formula is C13H15N3O2. The van der Waals surface area contributed by atoms with Crippen molar-refractivity contribution in [1.82, 2.24) is 14.3 Å². The summed E-state index contributed by atoms with van der Waals surface area (Å²) in [5.41, 5.74) is 1.94. The van der Waals surface area contributed by atoms with Crippen molar-refractivity contribution in [1.29, 1.82) is 0 Å². The van der Waals surface area contributed by atoms with Crippen LogP contribution in [0.25, 0.3) is 5.65 Å². The highest BCUT2D eigenvalue weighted by Gasteiger charge is 2.30. The number of hydrogen-bond donors (Lipinski definition) is 1. The van der Waals surface area contributed by atoms with Crippen LogP contribution in [0.4, 0.5) is 0 Å². The number of carbonyl (C=O) groups is 1. The Hall–Kier alpha value is -1.88. The van der Waals surface area contributed by atoms with E-state index in [-0.39, 0.29) is 6.04 Å². The lowest BCUT2D eigenvalue weighted by Crippen LogP contribution is -2.35. The third kappa shape index (κ3) is 1.86. The van der Waals surface area contributed by atoms with Gasteiger partial charge in [-0.15, -0.1) is 0 Å². The van der Waals surface area contributed by atoms with Crippen molar-refractivity contribution in [3.05, 3.63) is 36.3 Å². The van der Waals surface area contributed by atoms with Crippen LogP contribution in [0, 0.1) is 0 Å². The molecule has 3 rings (SSSR count). The molecule has 0 spiro atoms. The Morgan fingerprint density at radius 1 is 1.50 bits per heavy atom. The number of hydrogen-bond acceptors (Lipinski definition) is 3. The summed E-state index contributed by atoms with van der Waals surface area (Å²) in [5.74, 6) is -0.721. The molecule has 0 aromatic carbocycles. The molecule has 0 aliphatic carbocycles. The molecule has 2 aromatic heterocycles. The Labute approximate surface area is 105 Å². The molecule has 0 unspecified atom stereocenters. The standard InChI is InChI=1S/C13H15N3O2/c17-13(18)11-4-3-6-15(11)9-10-8-14-12-5-1-2-7-16(10)12/h1-2,5,7-8,11H,3-4,6,9H2,(H,17,18)/t11-/m0/s1. The van der Waals surface area contributed by atoms with Crippen LogP contribution in [0.15, 0.2) is 30.6 Å². The van der Waals surface area contributed by atoms with Crippen LogP contribution in [-0.2, 0) is 11.3 Å². The Morgan fingerprint density at radius 3 is 3.22 bits per heavy atom. The highest BCUT2D eigenvalue weighted by atomic mass is 16.4. The smallest absolute Gasteiger partial charge is 0.320 e. The van der Waals surface area contributed by atoms with Crippen molar-refractivity contribution in [3.63, 3.8) is 0 Å². The third-order valence-electron chi connectivity index (χ3n) is 3.51. The summed E-state index contributed by atoms with van der Waals surface area (Å²) in [6, 6.07) is 5.50. The van der Waals surface area contributed by atoms with E-state index >= 15 is 0 Å². The molecular weight excluding hydrogens is 230 g/mol. The number of aromatic nitrogens is 2. The lowest BCUT2D eigenvalue weighted by atomic mass is 10.2. The van der Waals surface area contributed by atoms with Gasteiger partial charge in [0.15, 0.2) is 0 Å². The second-order valence-corrected chi connectivity index (χ2v) is 4.65. The molecule has 3 heterocycles. The number of pyridine rings is 1. The fraction of sp³-hybridized carbons (Fsp3) is 0.385. The van der Waals surface area contributed by atoms with E-state index in [4.69, 9.17) is 5.11 Å². The molecule has 94 valence electrons. The Morgan fingerprint density at radius 2 is 2.39 bits per heavy atom. The van der Waals surface area contributed by atoms with E-state index in [1.54, 1.807) is 0 Å². The van der Waals surface area contributed by atoms with E-state index < -0.39 is 5.97 Å². The predicted molar refractivity (Wildman–Crippen MR) is 66.3 cm³/mol. The van der Waals surface area contributed by atoms with Crippen LogP contribution in [0.2, 0.25) is 0 Å². The summed E-state index contributed by atoms with van der Waals surface area (Å²) in [7, 11) is 0. The Balaban J connectivity index is 1.86. The van der Waals surface area contributed by atoms with Gasteiger partial charge in [0.25, 0.3) is 0 Å². The summed E-state index contributed by atoms with van der Waals surface area (Å²) in [4.78, 5) is 17.5. The van der Waals surface area contributed by atoms with Gasteiger partial charge in [0, 0.05) is 12.7 Å². The zero-order valence-electron chi connectivity index (χ0n) is 9.99. The number of rotatable bonds is 3. The van der Waals surface area contributed by atoms with Gasteiger partial charge in [-0.3, -0.25) is 9.69 Å². The minimum Gasteiger partial charge on any atom is -0.480 e. The maximum atomic E-state index is 11.1. The zero-order chi connectivity index (χ0) is 12.5. The van der Waals surface area contributed by atoms with Crippen LogP contribution in [0.1, 0.15) is 18.5 Å². The first-order chi connectivity index (χ1) is 8.75. The van der Waals surface area contributed by atoms with E-state index in [0.29, 0.717) is 6.54 Å². The summed E-state index contributed by atoms with van der Waals surface area (Å²) in [6.45, 7) is 1.49. The lowest BCUT2D eigenvalue weighted by Gasteiger charge is -2.20. The second kappa shape index (κ2) is 4.42. The fourth-order valence-corrected chi connectivity index (χ4v) is 2.61. The largest absolute Gasteiger partial charge is 0.480 e. The first-order valence-corrected chi connectivity index (χ1v) is 6.13. The average Bonchev–Trinajstić information content (AvgIpc) is 2.97. The van der Waals surface area contributed by atoms with E-state index in [2.05, 4.69) is 4.98 Å². The van der Waals surface area contributed by atoms with Crippen molar-refractivity contribution < 1.29 is 9.90 Å². The van der Waals surface area contributed by atoms with E-state index in [9.17, 15) is 4.79 Å². The summed E-state index contributed by atoms with van der Waals surface area (Å²) >= 11 is 0. The molecule has 5 heteroatoms. The predicted octanol–water partition coefficient (Wildman–Crippen LogP) is 1.38. The molecule has 2 aromatic rings. The van der Waals surface area contributed by atoms with Crippen molar-refractivity contribution in [2.75, 3.05) is 6.54 Å². The van der Waals surface area contributed by atoms with Crippen molar-refractivity contribution in [2.45, 2.75) is 25.4 Å². The van der Waals surface area contributed by atoms with Gasteiger partial charge < -0.3 is 9.51 Å². The summed E-state index contributed by atoms with van der Waals surface area (Å²) in [5, 5.41) is 9.16. The Kier molecular flexibility index (Phi) is 2.76. The van der Waals surface area contributed by atoms with Crippen molar-refractivity contribution >= 4 is 11.6 Å². The molecule has 18 heavy (non-hydrogen) atoms. The van der Waals surface area contributed by atoms with Gasteiger partial charge in [-0.2, -0.15) is 0 Å². The number of fused-ring (bicyclic) bond motifs is 1. The summed E-state index contributed by atoms with van der Waals surface area (Å²) < 4.78 is 2.01. The quantitative estimate of drug-likeness (QED) is 0.887. The normalized spacial score (nSPS) is 20.6. The highest BCUT2D eigenvalue weighted by molar-refractivity contribution is 5.73. The number of carboxylic acids is 1. The highest BCUT2D eigenvalue weighted by Crippen LogP contribution is 2.20. The SMILES string of the molecule is O=C(O)[C@@H]1CCCN1Cc1cnc2ccccn12. The molecule has 1 atom stereocenters. The first-order valence-electron chi connectivity index (χ1n) is 6.13. The van der Waals surface area contributed by atoms with Gasteiger partial charge in [-0.1, -0.05) is 6.07 Å². The van der Waals surface area contributed by atoms with Crippen LogP contribution in [0.5, 0.6) is 0 Å². The molecule has 5 nitrogen and oxygen atoms in total. The third-order valence-corrected chi connectivity index (χ3v) is 3.51. The van der Waals surface area contributed by atoms with Gasteiger partial charge in [0.05, 0.1) is 11.9 Å². The van der Waals surface area contributed by atoms with E-state index in [1.165, 1.54) is 0 Å². The Bertz CT molecular complexity index is 578. The van der Waals surface area contributed by atoms with Gasteiger partial charge in [0.1, 0.15) is 11.7 Å². The number of likely N-dealkylation sites (tertiary alicyclic amines) is 1. The van der Waals surface area contributed by atoms with Crippen molar-refractivity contribution in [2.24, 2.45) is 0 Å². The average molecular weight is 245 g/mol. The molecule has 1 saturated heterocycles. The zero-order valence-corrected chi connectivity index (χ0v) is 9.99. The minimum absolute atomic E-state index is 0.348. The lowest BCUT2D eigenvalue weighted by molar-refractivity contribution is -0.142. The van der Waals surface area contributed by atoms with E-state index in [1.807, 2.05) is 39.9 Å². The molecule has 1 fully saturated rings. The van der Waals surface area contributed by atoms with E-state index in [0.717, 1.165) is 30.7 Å². The second-order valence-electron chi connectivity index (χ2n) is 4.65. The molecule has 0 radical (unpaired) electrons. The fourth-order valence-electron chi connectivity index (χ4n) is 2.61. The maximum Gasteiger partial charge on any atom is 0.320 e. The molecule has 1 N–H and O–H groups in total. The van der Waals surface area contributed by atoms with Crippen LogP contribution < -0.4 is 0 Å². The number of imidazole rings is 1. The van der Waals surface area contributed by atoms with Crippen LogP contribution >= 0.6 is 0 Å². The van der Waals surface area contributed by atoms with Gasteiger partial charge >= 0.3 is 5.97 Å². The van der Waals surface area contributed by atoms with Crippen LogP contribution in [-0.4, -0.2) is 37.9 Å². The number of nitrogens with zero attached hydrogens (tertiary/aromatic N) is 3. The topological polar surface area (TPSA) is 57.8 Å². The van der Waals surface area contributed by atoms with Crippen molar-refractivity contribution in [3.8, 4) is 0 Å². The monoisotopic (exact) mass is 245 g/mol. The number of aliphatic carboxylic acids is 1. The van der Waals surface area contributed by atoms with Crippen LogP contribution in [0.3, 0.4) is 0 Å². The first kappa shape index (κ1) is 11.2. The molecule has 0 bridgehead atoms. The summed E-state index contributed by atoms with van der Waals surface area (Å²) in [6.07, 6.45) is 5.48. The van der Waals surface area contributed by atoms with Gasteiger partial charge in [-0.25, -0.2) is 4.98 Å². The molecule has 0 amide bonds. The van der Waals surface area contributed by atoms with Gasteiger partial charge in [-0.05, 0) is 31.5 Å². The van der Waals surface area contributed by atoms with Gasteiger partial charge in [0.2, 0.25) is 0 Å². The molecule has 0 saturated carbocycles. The molecule has 1 aliphatic rings. The molecule has 1 aliphatic heterocycles.